The quantitative estimate of drug-likeness (QED) is 0.428. The van der Waals surface area contributed by atoms with Crippen molar-refractivity contribution in [3.8, 4) is 0 Å². The van der Waals surface area contributed by atoms with Gasteiger partial charge in [-0.15, -0.1) is 0 Å². The van der Waals surface area contributed by atoms with Crippen molar-refractivity contribution in [3.05, 3.63) is 105 Å². The molecule has 0 saturated heterocycles. The molecule has 0 radical (unpaired) electrons. The summed E-state index contributed by atoms with van der Waals surface area (Å²) in [5, 5.41) is 0. The highest BCUT2D eigenvalue weighted by Crippen LogP contribution is 2.19. The van der Waals surface area contributed by atoms with Crippen molar-refractivity contribution < 1.29 is 0 Å². The Hall–Kier alpha value is -3.44. The monoisotopic (exact) mass is 411 g/mol. The highest BCUT2D eigenvalue weighted by molar-refractivity contribution is 7.15. The van der Waals surface area contributed by atoms with Crippen LogP contribution in [0.1, 0.15) is 18.1 Å². The minimum atomic E-state index is -0.00737. The summed E-state index contributed by atoms with van der Waals surface area (Å²) in [5.41, 5.74) is 5.19. The molecule has 3 aromatic carbocycles. The Morgan fingerprint density at radius 1 is 0.967 bits per heavy atom. The van der Waals surface area contributed by atoms with Gasteiger partial charge < -0.3 is 4.90 Å². The van der Waals surface area contributed by atoms with Crippen LogP contribution in [-0.4, -0.2) is 15.9 Å². The summed E-state index contributed by atoms with van der Waals surface area (Å²) in [7, 11) is 0. The maximum absolute atomic E-state index is 12.9. The van der Waals surface area contributed by atoms with Gasteiger partial charge in [-0.3, -0.25) is 4.79 Å². The Labute approximate surface area is 178 Å². The second kappa shape index (κ2) is 7.76. The van der Waals surface area contributed by atoms with Crippen molar-refractivity contribution in [1.29, 1.82) is 0 Å². The maximum atomic E-state index is 12.9. The van der Waals surface area contributed by atoms with Gasteiger partial charge in [-0.2, -0.15) is 0 Å². The van der Waals surface area contributed by atoms with Crippen LogP contribution in [0.3, 0.4) is 0 Å². The zero-order valence-electron chi connectivity index (χ0n) is 16.7. The summed E-state index contributed by atoms with van der Waals surface area (Å²) in [6.45, 7) is 3.97. The van der Waals surface area contributed by atoms with E-state index < -0.39 is 0 Å². The van der Waals surface area contributed by atoms with E-state index in [9.17, 15) is 4.79 Å². The van der Waals surface area contributed by atoms with E-state index in [0.29, 0.717) is 4.53 Å². The van der Waals surface area contributed by atoms with E-state index in [4.69, 9.17) is 0 Å². The first-order valence-corrected chi connectivity index (χ1v) is 10.9. The molecule has 5 rings (SSSR count). The Morgan fingerprint density at radius 3 is 2.47 bits per heavy atom. The van der Waals surface area contributed by atoms with Crippen molar-refractivity contribution in [2.24, 2.45) is 0 Å². The zero-order chi connectivity index (χ0) is 20.5. The molecule has 0 aliphatic carbocycles. The van der Waals surface area contributed by atoms with Gasteiger partial charge in [-0.05, 0) is 48.4 Å². The molecule has 2 heterocycles. The summed E-state index contributed by atoms with van der Waals surface area (Å²) >= 11 is 1.43. The molecule has 4 nitrogen and oxygen atoms in total. The standard InChI is InChI=1S/C25H21N3OS/c1-2-27(17-19-8-4-3-5-9-19)20-14-12-18(13-15-20)16-23-24(29)28-22-11-7-6-10-21(22)26-25(28)30-23/h3-16H,2,17H2,1H3/b23-16+. The number of imidazole rings is 1. The van der Waals surface area contributed by atoms with E-state index in [1.807, 2.05) is 36.4 Å². The predicted octanol–water partition coefficient (Wildman–Crippen LogP) is 4.48. The van der Waals surface area contributed by atoms with Crippen molar-refractivity contribution >= 4 is 39.1 Å². The number of benzene rings is 3. The summed E-state index contributed by atoms with van der Waals surface area (Å²) < 4.78 is 2.41. The summed E-state index contributed by atoms with van der Waals surface area (Å²) in [4.78, 5) is 20.6. The first-order valence-electron chi connectivity index (χ1n) is 10.0. The van der Waals surface area contributed by atoms with Crippen molar-refractivity contribution in [3.63, 3.8) is 0 Å². The SMILES string of the molecule is CCN(Cc1ccccc1)c1ccc(/C=c2/sc3nc4ccccc4n3c2=O)cc1. The summed E-state index contributed by atoms with van der Waals surface area (Å²) in [5.74, 6) is 0. The predicted molar refractivity (Wildman–Crippen MR) is 125 cm³/mol. The number of para-hydroxylation sites is 2. The molecule has 0 N–H and O–H groups in total. The Kier molecular flexibility index (Phi) is 4.81. The minimum Gasteiger partial charge on any atom is -0.367 e. The molecule has 0 amide bonds. The second-order valence-electron chi connectivity index (χ2n) is 7.23. The fourth-order valence-electron chi connectivity index (χ4n) is 3.73. The normalized spacial score (nSPS) is 12.1. The smallest absolute Gasteiger partial charge is 0.274 e. The van der Waals surface area contributed by atoms with Crippen LogP contribution in [0.5, 0.6) is 0 Å². The number of thiazole rings is 1. The number of anilines is 1. The molecule has 0 aliphatic rings. The van der Waals surface area contributed by atoms with Crippen LogP contribution in [0.25, 0.3) is 22.1 Å². The Bertz CT molecular complexity index is 1420. The highest BCUT2D eigenvalue weighted by atomic mass is 32.1. The molecule has 0 fully saturated rings. The largest absolute Gasteiger partial charge is 0.367 e. The lowest BCUT2D eigenvalue weighted by atomic mass is 10.1. The van der Waals surface area contributed by atoms with Crippen molar-refractivity contribution in [2.45, 2.75) is 13.5 Å². The first-order chi connectivity index (χ1) is 14.7. The van der Waals surface area contributed by atoms with E-state index in [1.54, 1.807) is 4.40 Å². The molecule has 0 aliphatic heterocycles. The molecule has 0 saturated carbocycles. The van der Waals surface area contributed by atoms with Crippen LogP contribution in [0.15, 0.2) is 83.7 Å². The molecule has 148 valence electrons. The number of aromatic nitrogens is 2. The topological polar surface area (TPSA) is 37.6 Å². The van der Waals surface area contributed by atoms with E-state index in [2.05, 4.69) is 65.3 Å². The van der Waals surface area contributed by atoms with Crippen LogP contribution in [0, 0.1) is 0 Å². The lowest BCUT2D eigenvalue weighted by Crippen LogP contribution is -2.23. The van der Waals surface area contributed by atoms with Gasteiger partial charge in [-0.1, -0.05) is 65.9 Å². The molecule has 0 unspecified atom stereocenters. The van der Waals surface area contributed by atoms with E-state index >= 15 is 0 Å². The third-order valence-electron chi connectivity index (χ3n) is 5.30. The van der Waals surface area contributed by atoms with Gasteiger partial charge in [0.2, 0.25) is 0 Å². The van der Waals surface area contributed by atoms with E-state index in [1.165, 1.54) is 22.6 Å². The van der Waals surface area contributed by atoms with Crippen molar-refractivity contribution in [2.75, 3.05) is 11.4 Å². The first kappa shape index (κ1) is 18.6. The molecular formula is C25H21N3OS. The van der Waals surface area contributed by atoms with Gasteiger partial charge in [0.1, 0.15) is 0 Å². The van der Waals surface area contributed by atoms with Crippen molar-refractivity contribution in [1.82, 2.24) is 9.38 Å². The van der Waals surface area contributed by atoms with Crippen LogP contribution in [-0.2, 0) is 6.54 Å². The fraction of sp³-hybridized carbons (Fsp3) is 0.120. The van der Waals surface area contributed by atoms with Gasteiger partial charge in [0.05, 0.1) is 15.6 Å². The molecule has 0 atom stereocenters. The molecule has 30 heavy (non-hydrogen) atoms. The van der Waals surface area contributed by atoms with Gasteiger partial charge in [0, 0.05) is 18.8 Å². The average Bonchev–Trinajstić information content (AvgIpc) is 3.29. The fourth-order valence-corrected chi connectivity index (χ4v) is 4.72. The number of hydrogen-bond donors (Lipinski definition) is 0. The number of fused-ring (bicyclic) bond motifs is 3. The molecule has 5 aromatic rings. The van der Waals surface area contributed by atoms with Gasteiger partial charge in [0.15, 0.2) is 4.96 Å². The molecule has 0 bridgehead atoms. The van der Waals surface area contributed by atoms with Crippen LogP contribution < -0.4 is 15.0 Å². The average molecular weight is 412 g/mol. The number of rotatable bonds is 5. The third kappa shape index (κ3) is 3.37. The molecule has 2 aromatic heterocycles. The van der Waals surface area contributed by atoms with E-state index in [0.717, 1.165) is 34.6 Å². The zero-order valence-corrected chi connectivity index (χ0v) is 17.5. The lowest BCUT2D eigenvalue weighted by molar-refractivity contribution is 0.832. The highest BCUT2D eigenvalue weighted by Gasteiger charge is 2.10. The molecular weight excluding hydrogens is 390 g/mol. The summed E-state index contributed by atoms with van der Waals surface area (Å²) in [6, 6.07) is 26.6. The van der Waals surface area contributed by atoms with Gasteiger partial charge in [-0.25, -0.2) is 9.38 Å². The molecule has 0 spiro atoms. The van der Waals surface area contributed by atoms with Crippen LogP contribution >= 0.6 is 11.3 Å². The second-order valence-corrected chi connectivity index (χ2v) is 8.23. The Morgan fingerprint density at radius 2 is 1.70 bits per heavy atom. The Balaban J connectivity index is 1.46. The number of hydrogen-bond acceptors (Lipinski definition) is 4. The maximum Gasteiger partial charge on any atom is 0.274 e. The summed E-state index contributed by atoms with van der Waals surface area (Å²) in [6.07, 6.45) is 1.95. The third-order valence-corrected chi connectivity index (χ3v) is 6.27. The van der Waals surface area contributed by atoms with Crippen LogP contribution in [0.2, 0.25) is 0 Å². The van der Waals surface area contributed by atoms with Gasteiger partial charge in [0.25, 0.3) is 5.56 Å². The lowest BCUT2D eigenvalue weighted by Gasteiger charge is -2.23. The molecule has 5 heteroatoms. The van der Waals surface area contributed by atoms with Crippen LogP contribution in [0.4, 0.5) is 5.69 Å². The minimum absolute atomic E-state index is 0.00737. The van der Waals surface area contributed by atoms with Gasteiger partial charge >= 0.3 is 0 Å². The number of nitrogens with zero attached hydrogens (tertiary/aromatic N) is 3. The van der Waals surface area contributed by atoms with E-state index in [-0.39, 0.29) is 5.56 Å².